The molecule has 0 aliphatic heterocycles. The molecule has 1 rings (SSSR count). The number of nitrogens with two attached hydrogens (primary N) is 1. The highest BCUT2D eigenvalue weighted by molar-refractivity contribution is 7.92. The number of rotatable bonds is 5. The number of sulfone groups is 1. The van der Waals surface area contributed by atoms with E-state index in [0.717, 1.165) is 0 Å². The number of ether oxygens (including phenoxy) is 1. The topological polar surface area (TPSA) is 69.4 Å². The van der Waals surface area contributed by atoms with E-state index >= 15 is 0 Å². The predicted octanol–water partition coefficient (Wildman–Crippen LogP) is 1.21. The average Bonchev–Trinajstić information content (AvgIpc) is 2.30. The van der Waals surface area contributed by atoms with Gasteiger partial charge in [-0.05, 0) is 30.7 Å². The van der Waals surface area contributed by atoms with Crippen molar-refractivity contribution in [1.29, 1.82) is 0 Å². The van der Waals surface area contributed by atoms with E-state index in [-0.39, 0.29) is 6.54 Å². The van der Waals surface area contributed by atoms with Gasteiger partial charge in [-0.15, -0.1) is 0 Å². The molecule has 0 aliphatic rings. The van der Waals surface area contributed by atoms with Crippen molar-refractivity contribution in [3.8, 4) is 5.75 Å². The van der Waals surface area contributed by atoms with Crippen molar-refractivity contribution in [3.63, 3.8) is 0 Å². The van der Waals surface area contributed by atoms with Crippen molar-refractivity contribution in [2.45, 2.75) is 23.5 Å². The van der Waals surface area contributed by atoms with Gasteiger partial charge >= 0.3 is 0 Å². The number of hydrogen-bond donors (Lipinski definition) is 1. The van der Waals surface area contributed by atoms with E-state index in [1.165, 1.54) is 7.11 Å². The first-order valence-electron chi connectivity index (χ1n) is 5.14. The molecule has 1 unspecified atom stereocenters. The van der Waals surface area contributed by atoms with Gasteiger partial charge < -0.3 is 10.5 Å². The molecule has 90 valence electrons. The average molecular weight is 243 g/mol. The highest BCUT2D eigenvalue weighted by Crippen LogP contribution is 2.20. The Morgan fingerprint density at radius 3 is 2.25 bits per heavy atom. The van der Waals surface area contributed by atoms with Crippen molar-refractivity contribution >= 4 is 9.84 Å². The van der Waals surface area contributed by atoms with E-state index < -0.39 is 15.1 Å². The molecule has 1 aromatic carbocycles. The van der Waals surface area contributed by atoms with Crippen LogP contribution in [0, 0.1) is 0 Å². The molecule has 1 atom stereocenters. The van der Waals surface area contributed by atoms with Crippen LogP contribution in [0.2, 0.25) is 0 Å². The molecule has 2 N–H and O–H groups in total. The minimum absolute atomic E-state index is 0.144. The van der Waals surface area contributed by atoms with Gasteiger partial charge in [0.2, 0.25) is 0 Å². The summed E-state index contributed by atoms with van der Waals surface area (Å²) in [4.78, 5) is 0.297. The van der Waals surface area contributed by atoms with Crippen LogP contribution in [0.15, 0.2) is 29.2 Å². The zero-order valence-corrected chi connectivity index (χ0v) is 10.3. The van der Waals surface area contributed by atoms with Crippen molar-refractivity contribution in [2.24, 2.45) is 5.73 Å². The van der Waals surface area contributed by atoms with E-state index in [9.17, 15) is 8.42 Å². The van der Waals surface area contributed by atoms with Gasteiger partial charge in [0.05, 0.1) is 17.3 Å². The summed E-state index contributed by atoms with van der Waals surface area (Å²) in [6.45, 7) is 1.96. The van der Waals surface area contributed by atoms with Crippen LogP contribution >= 0.6 is 0 Å². The Kier molecular flexibility index (Phi) is 4.32. The van der Waals surface area contributed by atoms with Crippen LogP contribution in [0.25, 0.3) is 0 Å². The van der Waals surface area contributed by atoms with Gasteiger partial charge in [0.25, 0.3) is 0 Å². The summed E-state index contributed by atoms with van der Waals surface area (Å²) >= 11 is 0. The van der Waals surface area contributed by atoms with Crippen molar-refractivity contribution in [3.05, 3.63) is 24.3 Å². The zero-order chi connectivity index (χ0) is 12.2. The fraction of sp³-hybridized carbons (Fsp3) is 0.455. The molecule has 0 saturated heterocycles. The molecule has 0 spiro atoms. The Bertz CT molecular complexity index is 421. The maximum Gasteiger partial charge on any atom is 0.182 e. The molecule has 0 aromatic heterocycles. The van der Waals surface area contributed by atoms with Gasteiger partial charge in [0.15, 0.2) is 9.84 Å². The molecule has 16 heavy (non-hydrogen) atoms. The number of methoxy groups -OCH3 is 1. The molecule has 0 saturated carbocycles. The summed E-state index contributed by atoms with van der Waals surface area (Å²) in [6, 6.07) is 6.37. The largest absolute Gasteiger partial charge is 0.497 e. The third-order valence-electron chi connectivity index (χ3n) is 2.55. The van der Waals surface area contributed by atoms with Crippen LogP contribution in [-0.2, 0) is 9.84 Å². The molecule has 0 bridgehead atoms. The van der Waals surface area contributed by atoms with Gasteiger partial charge in [-0.1, -0.05) is 6.92 Å². The molecule has 0 heterocycles. The van der Waals surface area contributed by atoms with Gasteiger partial charge in [-0.25, -0.2) is 8.42 Å². The Labute approximate surface area is 96.3 Å². The fourth-order valence-corrected chi connectivity index (χ4v) is 3.06. The van der Waals surface area contributed by atoms with E-state index in [0.29, 0.717) is 17.1 Å². The van der Waals surface area contributed by atoms with Crippen molar-refractivity contribution < 1.29 is 13.2 Å². The number of benzene rings is 1. The van der Waals surface area contributed by atoms with Crippen LogP contribution in [0.4, 0.5) is 0 Å². The summed E-state index contributed by atoms with van der Waals surface area (Å²) in [7, 11) is -1.77. The molecule has 5 heteroatoms. The van der Waals surface area contributed by atoms with Gasteiger partial charge in [-0.2, -0.15) is 0 Å². The summed E-state index contributed by atoms with van der Waals surface area (Å²) in [6.07, 6.45) is 0.519. The molecular weight excluding hydrogens is 226 g/mol. The Hall–Kier alpha value is -1.07. The summed E-state index contributed by atoms with van der Waals surface area (Å²) < 4.78 is 29.1. The summed E-state index contributed by atoms with van der Waals surface area (Å²) in [5.74, 6) is 0.639. The smallest absolute Gasteiger partial charge is 0.182 e. The van der Waals surface area contributed by atoms with E-state index in [4.69, 9.17) is 10.5 Å². The van der Waals surface area contributed by atoms with Gasteiger partial charge in [0, 0.05) is 6.54 Å². The predicted molar refractivity (Wildman–Crippen MR) is 63.3 cm³/mol. The Balaban J connectivity index is 3.07. The third-order valence-corrected chi connectivity index (χ3v) is 4.88. The maximum absolute atomic E-state index is 12.1. The highest BCUT2D eigenvalue weighted by Gasteiger charge is 2.24. The standard InChI is InChI=1S/C11H17NO3S/c1-3-10(8-12)16(13,14)11-6-4-9(15-2)5-7-11/h4-7,10H,3,8,12H2,1-2H3. The van der Waals surface area contributed by atoms with E-state index in [1.54, 1.807) is 24.3 Å². The molecule has 0 amide bonds. The van der Waals surface area contributed by atoms with Crippen LogP contribution in [0.5, 0.6) is 5.75 Å². The molecule has 0 fully saturated rings. The second-order valence-electron chi connectivity index (χ2n) is 3.49. The Morgan fingerprint density at radius 1 is 1.31 bits per heavy atom. The summed E-state index contributed by atoms with van der Waals surface area (Å²) in [5, 5.41) is -0.513. The van der Waals surface area contributed by atoms with Crippen molar-refractivity contribution in [1.82, 2.24) is 0 Å². The first kappa shape index (κ1) is 13.0. The van der Waals surface area contributed by atoms with Crippen LogP contribution in [0.3, 0.4) is 0 Å². The second kappa shape index (κ2) is 5.32. The SMILES string of the molecule is CCC(CN)S(=O)(=O)c1ccc(OC)cc1. The zero-order valence-electron chi connectivity index (χ0n) is 9.51. The number of hydrogen-bond acceptors (Lipinski definition) is 4. The third kappa shape index (κ3) is 2.54. The highest BCUT2D eigenvalue weighted by atomic mass is 32.2. The quantitative estimate of drug-likeness (QED) is 0.843. The van der Waals surface area contributed by atoms with Gasteiger partial charge in [-0.3, -0.25) is 0 Å². The first-order valence-corrected chi connectivity index (χ1v) is 6.69. The molecule has 0 aliphatic carbocycles. The summed E-state index contributed by atoms with van der Waals surface area (Å²) in [5.41, 5.74) is 5.46. The maximum atomic E-state index is 12.1. The monoisotopic (exact) mass is 243 g/mol. The van der Waals surface area contributed by atoms with Crippen LogP contribution in [-0.4, -0.2) is 27.3 Å². The lowest BCUT2D eigenvalue weighted by atomic mass is 10.3. The minimum atomic E-state index is -3.31. The van der Waals surface area contributed by atoms with E-state index in [1.807, 2.05) is 6.92 Å². The lowest BCUT2D eigenvalue weighted by Gasteiger charge is -2.13. The van der Waals surface area contributed by atoms with Crippen molar-refractivity contribution in [2.75, 3.05) is 13.7 Å². The first-order chi connectivity index (χ1) is 7.56. The normalized spacial score (nSPS) is 13.4. The fourth-order valence-electron chi connectivity index (χ4n) is 1.47. The molecular formula is C11H17NO3S. The molecule has 4 nitrogen and oxygen atoms in total. The van der Waals surface area contributed by atoms with Crippen LogP contribution in [0.1, 0.15) is 13.3 Å². The lowest BCUT2D eigenvalue weighted by Crippen LogP contribution is -2.29. The lowest BCUT2D eigenvalue weighted by molar-refractivity contribution is 0.414. The van der Waals surface area contributed by atoms with E-state index in [2.05, 4.69) is 0 Å². The molecule has 1 aromatic rings. The van der Waals surface area contributed by atoms with Gasteiger partial charge in [0.1, 0.15) is 5.75 Å². The Morgan fingerprint density at radius 2 is 1.88 bits per heavy atom. The van der Waals surface area contributed by atoms with Crippen LogP contribution < -0.4 is 10.5 Å². The second-order valence-corrected chi connectivity index (χ2v) is 5.71. The minimum Gasteiger partial charge on any atom is -0.497 e. The molecule has 0 radical (unpaired) electrons.